The number of amides is 1. The molecule has 3 nitrogen and oxygen atoms in total. The topological polar surface area (TPSA) is 49.3 Å². The van der Waals surface area contributed by atoms with Gasteiger partial charge in [-0.2, -0.15) is 0 Å². The van der Waals surface area contributed by atoms with E-state index in [2.05, 4.69) is 21.2 Å². The second-order valence-corrected chi connectivity index (χ2v) is 5.41. The molecule has 0 bridgehead atoms. The Balaban J connectivity index is 2.09. The van der Waals surface area contributed by atoms with Crippen molar-refractivity contribution in [3.63, 3.8) is 0 Å². The minimum absolute atomic E-state index is 0.235. The maximum absolute atomic E-state index is 13.1. The molecular weight excluding hydrogens is 301 g/mol. The van der Waals surface area contributed by atoms with Crippen LogP contribution in [0, 0.1) is 5.82 Å². The number of carbonyl (C=O) groups is 1. The van der Waals surface area contributed by atoms with Crippen molar-refractivity contribution >= 4 is 21.8 Å². The highest BCUT2D eigenvalue weighted by molar-refractivity contribution is 9.10. The zero-order chi connectivity index (χ0) is 13.1. The molecule has 98 valence electrons. The molecule has 1 aliphatic rings. The van der Waals surface area contributed by atoms with Gasteiger partial charge in [-0.1, -0.05) is 12.8 Å². The summed E-state index contributed by atoms with van der Waals surface area (Å²) in [6.07, 6.45) is 2.94. The highest BCUT2D eigenvalue weighted by atomic mass is 79.9. The molecule has 1 amide bonds. The zero-order valence-electron chi connectivity index (χ0n) is 9.83. The van der Waals surface area contributed by atoms with Crippen LogP contribution in [-0.4, -0.2) is 23.2 Å². The lowest BCUT2D eigenvalue weighted by Gasteiger charge is -2.28. The van der Waals surface area contributed by atoms with Gasteiger partial charge in [0.05, 0.1) is 17.7 Å². The molecule has 2 N–H and O–H groups in total. The Hall–Kier alpha value is -0.940. The summed E-state index contributed by atoms with van der Waals surface area (Å²) in [5.41, 5.74) is 0.257. The Bertz CT molecular complexity index is 453. The molecule has 2 rings (SSSR count). The first-order chi connectivity index (χ1) is 8.58. The van der Waals surface area contributed by atoms with Crippen LogP contribution in [0.3, 0.4) is 0 Å². The Morgan fingerprint density at radius 2 is 2.11 bits per heavy atom. The number of carbonyl (C=O) groups excluding carboxylic acids is 1. The van der Waals surface area contributed by atoms with E-state index in [0.717, 1.165) is 19.3 Å². The molecule has 1 fully saturated rings. The number of hydrogen-bond donors (Lipinski definition) is 2. The predicted octanol–water partition coefficient (Wildman–Crippen LogP) is 2.62. The lowest BCUT2D eigenvalue weighted by atomic mass is 9.92. The fraction of sp³-hybridized carbons (Fsp3) is 0.462. The third-order valence-electron chi connectivity index (χ3n) is 3.22. The molecule has 0 heterocycles. The molecule has 2 atom stereocenters. The summed E-state index contributed by atoms with van der Waals surface area (Å²) in [5.74, 6) is -0.806. The van der Waals surface area contributed by atoms with Crippen LogP contribution in [0.1, 0.15) is 36.0 Å². The van der Waals surface area contributed by atoms with E-state index in [1.807, 2.05) is 0 Å². The van der Waals surface area contributed by atoms with E-state index in [0.29, 0.717) is 10.9 Å². The molecule has 1 aromatic carbocycles. The number of hydrogen-bond acceptors (Lipinski definition) is 2. The molecule has 18 heavy (non-hydrogen) atoms. The van der Waals surface area contributed by atoms with E-state index in [1.165, 1.54) is 18.2 Å². The lowest BCUT2D eigenvalue weighted by Crippen LogP contribution is -2.45. The van der Waals surface area contributed by atoms with Crippen LogP contribution < -0.4 is 5.32 Å². The van der Waals surface area contributed by atoms with Gasteiger partial charge in [0.1, 0.15) is 5.82 Å². The number of aliphatic hydroxyl groups is 1. The summed E-state index contributed by atoms with van der Waals surface area (Å²) in [7, 11) is 0. The summed E-state index contributed by atoms with van der Waals surface area (Å²) in [6.45, 7) is 0. The summed E-state index contributed by atoms with van der Waals surface area (Å²) in [4.78, 5) is 12.0. The molecule has 0 aromatic heterocycles. The van der Waals surface area contributed by atoms with Crippen molar-refractivity contribution in [1.82, 2.24) is 5.32 Å². The van der Waals surface area contributed by atoms with Crippen LogP contribution in [0.2, 0.25) is 0 Å². The average molecular weight is 316 g/mol. The Kier molecular flexibility index (Phi) is 4.35. The smallest absolute Gasteiger partial charge is 0.252 e. The minimum atomic E-state index is -0.505. The van der Waals surface area contributed by atoms with Gasteiger partial charge in [0.25, 0.3) is 5.91 Å². The zero-order valence-corrected chi connectivity index (χ0v) is 11.4. The van der Waals surface area contributed by atoms with Crippen molar-refractivity contribution in [2.75, 3.05) is 0 Å². The third-order valence-corrected chi connectivity index (χ3v) is 3.91. The quantitative estimate of drug-likeness (QED) is 0.881. The average Bonchev–Trinajstić information content (AvgIpc) is 2.35. The molecule has 0 saturated heterocycles. The van der Waals surface area contributed by atoms with Crippen LogP contribution in [0.4, 0.5) is 4.39 Å². The van der Waals surface area contributed by atoms with E-state index in [4.69, 9.17) is 0 Å². The molecular formula is C13H15BrFNO2. The fourth-order valence-corrected chi connectivity index (χ4v) is 2.62. The Morgan fingerprint density at radius 3 is 2.83 bits per heavy atom. The Morgan fingerprint density at radius 1 is 1.39 bits per heavy atom. The van der Waals surface area contributed by atoms with E-state index < -0.39 is 11.9 Å². The highest BCUT2D eigenvalue weighted by Crippen LogP contribution is 2.21. The number of benzene rings is 1. The van der Waals surface area contributed by atoms with Crippen molar-refractivity contribution in [2.45, 2.75) is 37.8 Å². The van der Waals surface area contributed by atoms with E-state index >= 15 is 0 Å². The van der Waals surface area contributed by atoms with Crippen molar-refractivity contribution in [1.29, 1.82) is 0 Å². The van der Waals surface area contributed by atoms with E-state index in [1.54, 1.807) is 0 Å². The van der Waals surface area contributed by atoms with Gasteiger partial charge in [0.15, 0.2) is 0 Å². The third kappa shape index (κ3) is 3.09. The predicted molar refractivity (Wildman–Crippen MR) is 69.8 cm³/mol. The van der Waals surface area contributed by atoms with E-state index in [9.17, 15) is 14.3 Å². The first-order valence-corrected chi connectivity index (χ1v) is 6.81. The lowest BCUT2D eigenvalue weighted by molar-refractivity contribution is 0.0716. The van der Waals surface area contributed by atoms with Gasteiger partial charge in [-0.3, -0.25) is 4.79 Å². The minimum Gasteiger partial charge on any atom is -0.391 e. The molecule has 2 unspecified atom stereocenters. The molecule has 1 aromatic rings. The van der Waals surface area contributed by atoms with Crippen molar-refractivity contribution in [3.8, 4) is 0 Å². The first-order valence-electron chi connectivity index (χ1n) is 6.02. The van der Waals surface area contributed by atoms with Gasteiger partial charge in [0.2, 0.25) is 0 Å². The molecule has 0 aliphatic heterocycles. The largest absolute Gasteiger partial charge is 0.391 e. The van der Waals surface area contributed by atoms with Crippen LogP contribution in [0.15, 0.2) is 22.7 Å². The molecule has 0 radical (unpaired) electrons. The maximum Gasteiger partial charge on any atom is 0.252 e. The summed E-state index contributed by atoms with van der Waals surface area (Å²) >= 11 is 3.22. The van der Waals surface area contributed by atoms with E-state index in [-0.39, 0.29) is 17.5 Å². The monoisotopic (exact) mass is 315 g/mol. The van der Waals surface area contributed by atoms with Crippen LogP contribution >= 0.6 is 15.9 Å². The van der Waals surface area contributed by atoms with Crippen LogP contribution in [0.5, 0.6) is 0 Å². The SMILES string of the molecule is O=C(NC1CCCCC1O)c1cc(F)ccc1Br. The van der Waals surface area contributed by atoms with Gasteiger partial charge < -0.3 is 10.4 Å². The second-order valence-electron chi connectivity index (χ2n) is 4.56. The van der Waals surface area contributed by atoms with Crippen molar-refractivity contribution < 1.29 is 14.3 Å². The second kappa shape index (κ2) is 5.80. The number of halogens is 2. The normalized spacial score (nSPS) is 23.7. The van der Waals surface area contributed by atoms with Gasteiger partial charge in [-0.15, -0.1) is 0 Å². The summed E-state index contributed by atoms with van der Waals surface area (Å²) in [5, 5.41) is 12.6. The maximum atomic E-state index is 13.1. The van der Waals surface area contributed by atoms with Crippen LogP contribution in [-0.2, 0) is 0 Å². The van der Waals surface area contributed by atoms with Gasteiger partial charge in [-0.25, -0.2) is 4.39 Å². The molecule has 1 saturated carbocycles. The van der Waals surface area contributed by atoms with Gasteiger partial charge in [-0.05, 0) is 47.0 Å². The van der Waals surface area contributed by atoms with Crippen molar-refractivity contribution in [3.05, 3.63) is 34.1 Å². The fourth-order valence-electron chi connectivity index (χ4n) is 2.20. The number of aliphatic hydroxyl groups excluding tert-OH is 1. The summed E-state index contributed by atoms with van der Waals surface area (Å²) in [6, 6.07) is 3.74. The molecule has 0 spiro atoms. The number of rotatable bonds is 2. The standard InChI is InChI=1S/C13H15BrFNO2/c14-10-6-5-8(15)7-9(10)13(18)16-11-3-1-2-4-12(11)17/h5-7,11-12,17H,1-4H2,(H,16,18). The number of nitrogens with one attached hydrogen (secondary N) is 1. The van der Waals surface area contributed by atoms with Gasteiger partial charge in [0, 0.05) is 4.47 Å². The highest BCUT2D eigenvalue weighted by Gasteiger charge is 2.25. The molecule has 5 heteroatoms. The Labute approximate surface area is 114 Å². The molecule has 1 aliphatic carbocycles. The first kappa shape index (κ1) is 13.5. The summed E-state index contributed by atoms with van der Waals surface area (Å²) < 4.78 is 13.7. The van der Waals surface area contributed by atoms with Gasteiger partial charge >= 0.3 is 0 Å². The van der Waals surface area contributed by atoms with Crippen molar-refractivity contribution in [2.24, 2.45) is 0 Å². The van der Waals surface area contributed by atoms with Crippen LogP contribution in [0.25, 0.3) is 0 Å².